The maximum Gasteiger partial charge on any atom is 0.238 e. The number of rotatable bonds is 3. The monoisotopic (exact) mass is 350 g/mol. The van der Waals surface area contributed by atoms with Gasteiger partial charge in [-0.05, 0) is 30.5 Å². The second-order valence-electron chi connectivity index (χ2n) is 4.94. The van der Waals surface area contributed by atoms with Crippen molar-refractivity contribution in [2.75, 3.05) is 12.8 Å². The molecule has 0 aliphatic carbocycles. The van der Waals surface area contributed by atoms with Crippen LogP contribution >= 0.6 is 23.2 Å². The van der Waals surface area contributed by atoms with Gasteiger partial charge in [-0.2, -0.15) is 4.31 Å². The highest BCUT2D eigenvalue weighted by molar-refractivity contribution is 7.89. The van der Waals surface area contributed by atoms with Gasteiger partial charge in [0.15, 0.2) is 0 Å². The molecule has 8 heteroatoms. The van der Waals surface area contributed by atoms with Crippen molar-refractivity contribution >= 4 is 39.1 Å². The maximum absolute atomic E-state index is 12.2. The number of halogens is 2. The van der Waals surface area contributed by atoms with E-state index in [-0.39, 0.29) is 18.2 Å². The minimum Gasteiger partial charge on any atom is -0.351 e. The number of nitrogens with zero attached hydrogens (tertiary/aromatic N) is 1. The molecule has 5 nitrogen and oxygen atoms in total. The molecule has 2 rings (SSSR count). The molecule has 0 radical (unpaired) electrons. The molecule has 1 N–H and O–H groups in total. The van der Waals surface area contributed by atoms with Crippen molar-refractivity contribution in [1.82, 2.24) is 9.62 Å². The Morgan fingerprint density at radius 3 is 2.81 bits per heavy atom. The summed E-state index contributed by atoms with van der Waals surface area (Å²) in [6.45, 7) is 0.235. The summed E-state index contributed by atoms with van der Waals surface area (Å²) in [6.07, 6.45) is 1.02. The molecule has 0 bridgehead atoms. The Labute approximate surface area is 134 Å². The number of hydrogen-bond donors (Lipinski definition) is 1. The van der Waals surface area contributed by atoms with E-state index < -0.39 is 16.1 Å². The summed E-state index contributed by atoms with van der Waals surface area (Å²) in [4.78, 5) is 12.2. The molecule has 21 heavy (non-hydrogen) atoms. The molecular formula is C13H16Cl2N2O3S. The zero-order chi connectivity index (χ0) is 15.6. The van der Waals surface area contributed by atoms with Crippen molar-refractivity contribution < 1.29 is 13.2 Å². The molecular weight excluding hydrogens is 335 g/mol. The minimum absolute atomic E-state index is 0.0935. The molecule has 0 spiro atoms. The van der Waals surface area contributed by atoms with Gasteiger partial charge in [-0.1, -0.05) is 29.3 Å². The number of hydrogen-bond acceptors (Lipinski definition) is 3. The quantitative estimate of drug-likeness (QED) is 0.906. The van der Waals surface area contributed by atoms with Crippen LogP contribution in [0.2, 0.25) is 10.0 Å². The molecule has 0 unspecified atom stereocenters. The lowest BCUT2D eigenvalue weighted by Crippen LogP contribution is -2.50. The van der Waals surface area contributed by atoms with Gasteiger partial charge in [0.05, 0.1) is 5.75 Å². The molecule has 0 saturated carbocycles. The van der Waals surface area contributed by atoms with Crippen molar-refractivity contribution in [3.63, 3.8) is 0 Å². The highest BCUT2D eigenvalue weighted by Gasteiger charge is 2.35. The lowest BCUT2D eigenvalue weighted by Gasteiger charge is -2.30. The summed E-state index contributed by atoms with van der Waals surface area (Å²) in [7, 11) is -1.88. The molecule has 1 heterocycles. The number of amides is 1. The fourth-order valence-electron chi connectivity index (χ4n) is 2.24. The van der Waals surface area contributed by atoms with E-state index in [0.29, 0.717) is 22.9 Å². The summed E-state index contributed by atoms with van der Waals surface area (Å²) < 4.78 is 24.7. The normalized spacial score (nSPS) is 22.0. The average molecular weight is 351 g/mol. The molecule has 1 saturated heterocycles. The van der Waals surface area contributed by atoms with Crippen LogP contribution in [0, 0.1) is 0 Å². The van der Waals surface area contributed by atoms with Crippen LogP contribution < -0.4 is 5.32 Å². The highest BCUT2D eigenvalue weighted by atomic mass is 35.5. The summed E-state index contributed by atoms with van der Waals surface area (Å²) in [6, 6.07) is 4.36. The highest BCUT2D eigenvalue weighted by Crippen LogP contribution is 2.22. The third kappa shape index (κ3) is 3.88. The van der Waals surface area contributed by atoms with Crippen LogP contribution in [0.3, 0.4) is 0 Å². The molecule has 1 aliphatic rings. The van der Waals surface area contributed by atoms with Crippen molar-refractivity contribution in [3.8, 4) is 0 Å². The first kappa shape index (κ1) is 16.5. The Kier molecular flexibility index (Phi) is 5.14. The molecule has 0 aromatic heterocycles. The van der Waals surface area contributed by atoms with Crippen molar-refractivity contribution in [2.45, 2.75) is 25.4 Å². The summed E-state index contributed by atoms with van der Waals surface area (Å²) >= 11 is 11.8. The fraction of sp³-hybridized carbons (Fsp3) is 0.462. The largest absolute Gasteiger partial charge is 0.351 e. The van der Waals surface area contributed by atoms with Crippen LogP contribution in [0.25, 0.3) is 0 Å². The molecule has 1 atom stereocenters. The standard InChI is InChI=1S/C13H16Cl2N2O3S/c1-17-12(3-2-6-21(17,19)20)13(18)16-8-9-4-5-10(14)7-11(9)15/h4-5,7,12H,2-3,6,8H2,1H3,(H,16,18)/t12-/m0/s1. The van der Waals surface area contributed by atoms with Crippen molar-refractivity contribution in [1.29, 1.82) is 0 Å². The topological polar surface area (TPSA) is 66.5 Å². The van der Waals surface area contributed by atoms with Crippen molar-refractivity contribution in [3.05, 3.63) is 33.8 Å². The Balaban J connectivity index is 2.01. The fourth-order valence-corrected chi connectivity index (χ4v) is 4.12. The maximum atomic E-state index is 12.2. The predicted octanol–water partition coefficient (Wildman–Crippen LogP) is 2.03. The van der Waals surface area contributed by atoms with E-state index in [1.54, 1.807) is 18.2 Å². The number of carbonyl (C=O) groups is 1. The average Bonchev–Trinajstić information content (AvgIpc) is 2.40. The third-order valence-electron chi connectivity index (χ3n) is 3.53. The van der Waals surface area contributed by atoms with Crippen LogP contribution in [0.4, 0.5) is 0 Å². The van der Waals surface area contributed by atoms with E-state index in [2.05, 4.69) is 5.32 Å². The lowest BCUT2D eigenvalue weighted by molar-refractivity contribution is -0.125. The molecule has 1 aliphatic heterocycles. The van der Waals surface area contributed by atoms with Crippen LogP contribution in [0.1, 0.15) is 18.4 Å². The number of nitrogens with one attached hydrogen (secondary N) is 1. The van der Waals surface area contributed by atoms with E-state index in [1.807, 2.05) is 0 Å². The first-order valence-electron chi connectivity index (χ1n) is 6.48. The van der Waals surface area contributed by atoms with Gasteiger partial charge in [-0.25, -0.2) is 8.42 Å². The van der Waals surface area contributed by atoms with Crippen LogP contribution in [-0.4, -0.2) is 37.5 Å². The van der Waals surface area contributed by atoms with Gasteiger partial charge in [0.25, 0.3) is 0 Å². The molecule has 1 aromatic rings. The smallest absolute Gasteiger partial charge is 0.238 e. The number of likely N-dealkylation sites (N-methyl/N-ethyl adjacent to an activating group) is 1. The summed E-state index contributed by atoms with van der Waals surface area (Å²) in [5.74, 6) is -0.220. The van der Waals surface area contributed by atoms with Gasteiger partial charge in [0, 0.05) is 23.6 Å². The first-order chi connectivity index (χ1) is 9.81. The van der Waals surface area contributed by atoms with Gasteiger partial charge in [-0.15, -0.1) is 0 Å². The van der Waals surface area contributed by atoms with E-state index in [0.717, 1.165) is 9.87 Å². The van der Waals surface area contributed by atoms with E-state index >= 15 is 0 Å². The second kappa shape index (κ2) is 6.52. The van der Waals surface area contributed by atoms with Gasteiger partial charge >= 0.3 is 0 Å². The molecule has 116 valence electrons. The Morgan fingerprint density at radius 2 is 2.14 bits per heavy atom. The Morgan fingerprint density at radius 1 is 1.43 bits per heavy atom. The SMILES string of the molecule is CN1[C@H](C(=O)NCc2ccc(Cl)cc2Cl)CCCS1(=O)=O. The third-order valence-corrected chi connectivity index (χ3v) is 6.05. The molecule has 1 fully saturated rings. The van der Waals surface area contributed by atoms with Gasteiger partial charge in [-0.3, -0.25) is 4.79 Å². The minimum atomic E-state index is -3.32. The van der Waals surface area contributed by atoms with E-state index in [4.69, 9.17) is 23.2 Å². The number of benzene rings is 1. The Bertz CT molecular complexity index is 649. The zero-order valence-electron chi connectivity index (χ0n) is 11.5. The van der Waals surface area contributed by atoms with Crippen LogP contribution in [0.5, 0.6) is 0 Å². The van der Waals surface area contributed by atoms with Crippen LogP contribution in [-0.2, 0) is 21.4 Å². The van der Waals surface area contributed by atoms with E-state index in [1.165, 1.54) is 7.05 Å². The number of carbonyl (C=O) groups excluding carboxylic acids is 1. The van der Waals surface area contributed by atoms with E-state index in [9.17, 15) is 13.2 Å². The Hall–Kier alpha value is -0.820. The molecule has 1 aromatic carbocycles. The zero-order valence-corrected chi connectivity index (χ0v) is 13.8. The second-order valence-corrected chi connectivity index (χ2v) is 7.94. The predicted molar refractivity (Wildman–Crippen MR) is 82.9 cm³/mol. The van der Waals surface area contributed by atoms with Gasteiger partial charge < -0.3 is 5.32 Å². The molecule has 1 amide bonds. The van der Waals surface area contributed by atoms with Gasteiger partial charge in [0.1, 0.15) is 6.04 Å². The number of sulfonamides is 1. The summed E-state index contributed by atoms with van der Waals surface area (Å²) in [5, 5.41) is 3.71. The lowest BCUT2D eigenvalue weighted by atomic mass is 10.1. The van der Waals surface area contributed by atoms with Gasteiger partial charge in [0.2, 0.25) is 15.9 Å². The van der Waals surface area contributed by atoms with Crippen LogP contribution in [0.15, 0.2) is 18.2 Å². The first-order valence-corrected chi connectivity index (χ1v) is 8.85. The summed E-state index contributed by atoms with van der Waals surface area (Å²) in [5.41, 5.74) is 0.732. The van der Waals surface area contributed by atoms with Crippen molar-refractivity contribution in [2.24, 2.45) is 0 Å².